The Hall–Kier alpha value is -2.86. The van der Waals surface area contributed by atoms with E-state index >= 15 is 0 Å². The Labute approximate surface area is 156 Å². The summed E-state index contributed by atoms with van der Waals surface area (Å²) in [5.41, 5.74) is 4.44. The van der Waals surface area contributed by atoms with E-state index in [4.69, 9.17) is 9.47 Å². The lowest BCUT2D eigenvalue weighted by Gasteiger charge is -2.08. The third-order valence-corrected chi connectivity index (χ3v) is 4.48. The monoisotopic (exact) mass is 368 g/mol. The molecule has 1 amide bonds. The molecule has 0 saturated heterocycles. The zero-order chi connectivity index (χ0) is 18.2. The van der Waals surface area contributed by atoms with Gasteiger partial charge in [0.05, 0.1) is 18.3 Å². The summed E-state index contributed by atoms with van der Waals surface area (Å²) in [5, 5.41) is 4.88. The summed E-state index contributed by atoms with van der Waals surface area (Å²) in [6.07, 6.45) is 0.768. The first kappa shape index (κ1) is 17.9. The van der Waals surface area contributed by atoms with Crippen LogP contribution in [0.15, 0.2) is 59.4 Å². The summed E-state index contributed by atoms with van der Waals surface area (Å²) >= 11 is 1.54. The van der Waals surface area contributed by atoms with Crippen LogP contribution in [0.3, 0.4) is 0 Å². The maximum atomic E-state index is 12.2. The molecule has 1 N–H and O–H groups in total. The van der Waals surface area contributed by atoms with E-state index in [-0.39, 0.29) is 5.91 Å². The molecule has 0 aliphatic carbocycles. The van der Waals surface area contributed by atoms with Crippen molar-refractivity contribution in [2.45, 2.75) is 13.0 Å². The van der Waals surface area contributed by atoms with Crippen LogP contribution in [0.2, 0.25) is 0 Å². The minimum Gasteiger partial charge on any atom is -0.497 e. The summed E-state index contributed by atoms with van der Waals surface area (Å²) in [7, 11) is 1.64. The molecule has 6 heteroatoms. The van der Waals surface area contributed by atoms with Gasteiger partial charge >= 0.3 is 0 Å². The molecular weight excluding hydrogens is 348 g/mol. The van der Waals surface area contributed by atoms with Gasteiger partial charge in [0.1, 0.15) is 18.1 Å². The summed E-state index contributed by atoms with van der Waals surface area (Å²) in [6, 6.07) is 15.0. The predicted octanol–water partition coefficient (Wildman–Crippen LogP) is 3.70. The second-order valence-corrected chi connectivity index (χ2v) is 6.37. The maximum Gasteiger partial charge on any atom is 0.251 e. The number of thiazole rings is 1. The van der Waals surface area contributed by atoms with Crippen LogP contribution in [-0.4, -0.2) is 24.5 Å². The molecule has 3 aromatic rings. The minimum atomic E-state index is -0.0930. The predicted molar refractivity (Wildman–Crippen MR) is 102 cm³/mol. The Bertz CT molecular complexity index is 815. The van der Waals surface area contributed by atoms with Crippen molar-refractivity contribution in [2.75, 3.05) is 13.7 Å². The number of methoxy groups -OCH3 is 1. The van der Waals surface area contributed by atoms with Crippen LogP contribution in [0, 0.1) is 0 Å². The number of carbonyl (C=O) groups excluding carboxylic acids is 1. The van der Waals surface area contributed by atoms with Gasteiger partial charge < -0.3 is 14.8 Å². The second kappa shape index (κ2) is 9.01. The molecule has 0 spiro atoms. The van der Waals surface area contributed by atoms with Crippen molar-refractivity contribution in [3.05, 3.63) is 76.2 Å². The Balaban J connectivity index is 1.45. The molecule has 134 valence electrons. The Morgan fingerprint density at radius 3 is 2.46 bits per heavy atom. The largest absolute Gasteiger partial charge is 0.497 e. The molecule has 0 aliphatic rings. The molecule has 26 heavy (non-hydrogen) atoms. The molecule has 0 radical (unpaired) electrons. The van der Waals surface area contributed by atoms with Crippen LogP contribution >= 0.6 is 11.3 Å². The minimum absolute atomic E-state index is 0.0930. The van der Waals surface area contributed by atoms with Crippen molar-refractivity contribution in [2.24, 2.45) is 0 Å². The van der Waals surface area contributed by atoms with Crippen molar-refractivity contribution in [3.63, 3.8) is 0 Å². The number of nitrogens with zero attached hydrogens (tertiary/aromatic N) is 1. The van der Waals surface area contributed by atoms with E-state index in [0.29, 0.717) is 24.5 Å². The fraction of sp³-hybridized carbons (Fsp3) is 0.200. The number of carbonyl (C=O) groups is 1. The zero-order valence-electron chi connectivity index (χ0n) is 14.5. The van der Waals surface area contributed by atoms with Gasteiger partial charge in [0.15, 0.2) is 0 Å². The standard InChI is InChI=1S/C20H20N2O3S/c1-24-18-6-2-15(3-7-18)10-11-21-20(23)16-4-8-19(9-5-16)25-12-17-13-26-14-22-17/h2-9,13-14H,10-12H2,1H3,(H,21,23). The van der Waals surface area contributed by atoms with E-state index in [2.05, 4.69) is 10.3 Å². The highest BCUT2D eigenvalue weighted by atomic mass is 32.1. The van der Waals surface area contributed by atoms with Gasteiger partial charge in [0.2, 0.25) is 0 Å². The first-order valence-corrected chi connectivity index (χ1v) is 9.20. The molecule has 2 aromatic carbocycles. The molecule has 0 fully saturated rings. The van der Waals surface area contributed by atoms with Gasteiger partial charge in [-0.15, -0.1) is 11.3 Å². The van der Waals surface area contributed by atoms with E-state index < -0.39 is 0 Å². The lowest BCUT2D eigenvalue weighted by atomic mass is 10.1. The molecule has 5 nitrogen and oxygen atoms in total. The van der Waals surface area contributed by atoms with E-state index in [1.807, 2.05) is 29.6 Å². The van der Waals surface area contributed by atoms with Crippen molar-refractivity contribution >= 4 is 17.2 Å². The van der Waals surface area contributed by atoms with Crippen LogP contribution < -0.4 is 14.8 Å². The Morgan fingerprint density at radius 2 is 1.81 bits per heavy atom. The van der Waals surface area contributed by atoms with Crippen LogP contribution in [0.1, 0.15) is 21.6 Å². The summed E-state index contributed by atoms with van der Waals surface area (Å²) in [4.78, 5) is 16.4. The van der Waals surface area contributed by atoms with Crippen molar-refractivity contribution in [1.29, 1.82) is 0 Å². The first-order chi connectivity index (χ1) is 12.7. The van der Waals surface area contributed by atoms with Crippen molar-refractivity contribution in [1.82, 2.24) is 10.3 Å². The van der Waals surface area contributed by atoms with Crippen LogP contribution in [0.25, 0.3) is 0 Å². The number of aromatic nitrogens is 1. The highest BCUT2D eigenvalue weighted by Crippen LogP contribution is 2.15. The summed E-state index contributed by atoms with van der Waals surface area (Å²) in [6.45, 7) is 1.00. The SMILES string of the molecule is COc1ccc(CCNC(=O)c2ccc(OCc3cscn3)cc2)cc1. The fourth-order valence-electron chi connectivity index (χ4n) is 2.38. The lowest BCUT2D eigenvalue weighted by molar-refractivity contribution is 0.0954. The van der Waals surface area contributed by atoms with Crippen LogP contribution in [-0.2, 0) is 13.0 Å². The van der Waals surface area contributed by atoms with Gasteiger partial charge in [0.25, 0.3) is 5.91 Å². The number of ether oxygens (including phenoxy) is 2. The van der Waals surface area contributed by atoms with Gasteiger partial charge in [-0.3, -0.25) is 4.79 Å². The lowest BCUT2D eigenvalue weighted by Crippen LogP contribution is -2.25. The van der Waals surface area contributed by atoms with E-state index in [0.717, 1.165) is 23.4 Å². The number of rotatable bonds is 8. The van der Waals surface area contributed by atoms with Crippen molar-refractivity contribution in [3.8, 4) is 11.5 Å². The van der Waals surface area contributed by atoms with Crippen LogP contribution in [0.4, 0.5) is 0 Å². The van der Waals surface area contributed by atoms with E-state index in [9.17, 15) is 4.79 Å². The Morgan fingerprint density at radius 1 is 1.08 bits per heavy atom. The highest BCUT2D eigenvalue weighted by Gasteiger charge is 2.06. The highest BCUT2D eigenvalue weighted by molar-refractivity contribution is 7.07. The fourth-order valence-corrected chi connectivity index (χ4v) is 2.93. The van der Waals surface area contributed by atoms with Crippen molar-refractivity contribution < 1.29 is 14.3 Å². The summed E-state index contributed by atoms with van der Waals surface area (Å²) in [5.74, 6) is 1.45. The molecule has 1 aromatic heterocycles. The molecule has 0 saturated carbocycles. The molecule has 0 bridgehead atoms. The average Bonchev–Trinajstić information content (AvgIpc) is 3.21. The second-order valence-electron chi connectivity index (χ2n) is 5.65. The molecule has 0 aliphatic heterocycles. The third kappa shape index (κ3) is 5.07. The van der Waals surface area contributed by atoms with E-state index in [1.165, 1.54) is 11.3 Å². The quantitative estimate of drug-likeness (QED) is 0.659. The van der Waals surface area contributed by atoms with Gasteiger partial charge in [-0.05, 0) is 48.4 Å². The molecule has 0 atom stereocenters. The molecular formula is C20H20N2O3S. The Kier molecular flexibility index (Phi) is 6.22. The number of benzene rings is 2. The normalized spacial score (nSPS) is 10.3. The zero-order valence-corrected chi connectivity index (χ0v) is 15.3. The topological polar surface area (TPSA) is 60.5 Å². The molecule has 0 unspecified atom stereocenters. The van der Waals surface area contributed by atoms with Crippen LogP contribution in [0.5, 0.6) is 11.5 Å². The van der Waals surface area contributed by atoms with Gasteiger partial charge in [-0.2, -0.15) is 0 Å². The van der Waals surface area contributed by atoms with Gasteiger partial charge in [0, 0.05) is 17.5 Å². The van der Waals surface area contributed by atoms with E-state index in [1.54, 1.807) is 36.9 Å². The van der Waals surface area contributed by atoms with Gasteiger partial charge in [-0.25, -0.2) is 4.98 Å². The maximum absolute atomic E-state index is 12.2. The number of hydrogen-bond donors (Lipinski definition) is 1. The summed E-state index contributed by atoms with van der Waals surface area (Å²) < 4.78 is 10.8. The van der Waals surface area contributed by atoms with Gasteiger partial charge in [-0.1, -0.05) is 12.1 Å². The smallest absolute Gasteiger partial charge is 0.251 e. The molecule has 1 heterocycles. The molecule has 3 rings (SSSR count). The number of hydrogen-bond acceptors (Lipinski definition) is 5. The average molecular weight is 368 g/mol. The first-order valence-electron chi connectivity index (χ1n) is 8.25. The number of amides is 1. The number of nitrogens with one attached hydrogen (secondary N) is 1. The third-order valence-electron chi connectivity index (χ3n) is 3.84.